The molecule has 0 aliphatic carbocycles. The van der Waals surface area contributed by atoms with Gasteiger partial charge in [-0.05, 0) is 25.0 Å². The van der Waals surface area contributed by atoms with E-state index in [1.807, 2.05) is 26.0 Å². The van der Waals surface area contributed by atoms with Crippen molar-refractivity contribution in [3.05, 3.63) is 34.9 Å². The largest absolute Gasteiger partial charge is 0.483 e. The van der Waals surface area contributed by atoms with Crippen molar-refractivity contribution in [2.45, 2.75) is 40.5 Å². The molecule has 0 aromatic heterocycles. The van der Waals surface area contributed by atoms with Crippen LogP contribution in [0.15, 0.2) is 18.2 Å². The third kappa shape index (κ3) is 8.33. The lowest BCUT2D eigenvalue weighted by Crippen LogP contribution is -2.13. The van der Waals surface area contributed by atoms with Gasteiger partial charge in [-0.1, -0.05) is 44.9 Å². The molecule has 0 aliphatic heterocycles. The Kier molecular flexibility index (Phi) is 12.0. The van der Waals surface area contributed by atoms with Gasteiger partial charge in [-0.2, -0.15) is 0 Å². The van der Waals surface area contributed by atoms with Crippen molar-refractivity contribution in [2.24, 2.45) is 5.73 Å². The third-order valence-corrected chi connectivity index (χ3v) is 1.91. The molecule has 0 saturated heterocycles. The fraction of sp³-hybridized carbons (Fsp3) is 0.429. The van der Waals surface area contributed by atoms with Crippen molar-refractivity contribution in [2.75, 3.05) is 0 Å². The number of carboxylic acid groups (broad SMARTS) is 1. The minimum Gasteiger partial charge on any atom is -0.483 e. The zero-order valence-electron chi connectivity index (χ0n) is 11.6. The average molecular weight is 253 g/mol. The van der Waals surface area contributed by atoms with Crippen LogP contribution < -0.4 is 5.73 Å². The Balaban J connectivity index is 0. The Bertz CT molecular complexity index is 362. The number of primary amides is 1. The normalized spacial score (nSPS) is 8.22. The summed E-state index contributed by atoms with van der Waals surface area (Å²) in [7, 11) is 0. The summed E-state index contributed by atoms with van der Waals surface area (Å²) in [5.41, 5.74) is 8.04. The smallest absolute Gasteiger partial charge is 0.290 e. The molecule has 1 rings (SSSR count). The second kappa shape index (κ2) is 11.6. The predicted molar refractivity (Wildman–Crippen MR) is 73.7 cm³/mol. The molecule has 0 atom stereocenters. The van der Waals surface area contributed by atoms with Crippen LogP contribution in [0.25, 0.3) is 0 Å². The zero-order chi connectivity index (χ0) is 14.6. The van der Waals surface area contributed by atoms with E-state index >= 15 is 0 Å². The van der Waals surface area contributed by atoms with Gasteiger partial charge in [0, 0.05) is 5.56 Å². The molecule has 18 heavy (non-hydrogen) atoms. The minimum absolute atomic E-state index is 0.250. The number of nitrogens with two attached hydrogens (primary N) is 1. The summed E-state index contributed by atoms with van der Waals surface area (Å²) in [5, 5.41) is 6.89. The molecule has 0 unspecified atom stereocenters. The number of hydrogen-bond acceptors (Lipinski definition) is 2. The van der Waals surface area contributed by atoms with Crippen molar-refractivity contribution in [1.82, 2.24) is 0 Å². The second-order valence-corrected chi connectivity index (χ2v) is 3.69. The van der Waals surface area contributed by atoms with Crippen molar-refractivity contribution in [1.29, 1.82) is 0 Å². The van der Waals surface area contributed by atoms with Crippen LogP contribution in [0.3, 0.4) is 0 Å². The summed E-state index contributed by atoms with van der Waals surface area (Å²) in [5.74, 6) is -0.341. The van der Waals surface area contributed by atoms with E-state index in [0.717, 1.165) is 17.5 Å². The van der Waals surface area contributed by atoms with Crippen molar-refractivity contribution < 1.29 is 14.7 Å². The summed E-state index contributed by atoms with van der Waals surface area (Å²) in [6.45, 7) is 8.02. The number of aryl methyl sites for hydroxylation is 2. The molecular weight excluding hydrogens is 230 g/mol. The number of hydrogen-bond donors (Lipinski definition) is 2. The lowest BCUT2D eigenvalue weighted by Gasteiger charge is -2.04. The molecule has 0 radical (unpaired) electrons. The Morgan fingerprint density at radius 2 is 1.78 bits per heavy atom. The van der Waals surface area contributed by atoms with Gasteiger partial charge in [0.25, 0.3) is 6.47 Å². The van der Waals surface area contributed by atoms with Crippen LogP contribution >= 0.6 is 0 Å². The molecule has 4 nitrogen and oxygen atoms in total. The standard InChI is InChI=1S/C10H13NO.C3H8.CH2O2/c1-3-8-6-7(2)4-5-9(8)10(11)12;1-3-2;2-1-3/h4-6H,3H2,1-2H3,(H2,11,12);3H2,1-2H3;1H,(H,2,3). The molecule has 102 valence electrons. The summed E-state index contributed by atoms with van der Waals surface area (Å²) < 4.78 is 0. The number of carbonyl (C=O) groups excluding carboxylic acids is 1. The van der Waals surface area contributed by atoms with Gasteiger partial charge in [-0.15, -0.1) is 0 Å². The van der Waals surface area contributed by atoms with E-state index in [1.54, 1.807) is 6.07 Å². The first-order valence-corrected chi connectivity index (χ1v) is 5.95. The van der Waals surface area contributed by atoms with Crippen LogP contribution in [-0.4, -0.2) is 17.5 Å². The fourth-order valence-corrected chi connectivity index (χ4v) is 1.26. The monoisotopic (exact) mass is 253 g/mol. The zero-order valence-corrected chi connectivity index (χ0v) is 11.6. The molecule has 0 fully saturated rings. The second-order valence-electron chi connectivity index (χ2n) is 3.69. The number of benzene rings is 1. The predicted octanol–water partition coefficient (Wildman–Crippen LogP) is 2.77. The highest BCUT2D eigenvalue weighted by Gasteiger charge is 2.05. The van der Waals surface area contributed by atoms with Gasteiger partial charge in [0.1, 0.15) is 0 Å². The summed E-state index contributed by atoms with van der Waals surface area (Å²) in [4.78, 5) is 19.3. The van der Waals surface area contributed by atoms with E-state index in [2.05, 4.69) is 13.8 Å². The van der Waals surface area contributed by atoms with Crippen LogP contribution in [-0.2, 0) is 11.2 Å². The first-order valence-electron chi connectivity index (χ1n) is 5.95. The Morgan fingerprint density at radius 3 is 2.11 bits per heavy atom. The van der Waals surface area contributed by atoms with Gasteiger partial charge in [0.2, 0.25) is 5.91 Å². The highest BCUT2D eigenvalue weighted by atomic mass is 16.3. The van der Waals surface area contributed by atoms with Crippen LogP contribution in [0.4, 0.5) is 0 Å². The van der Waals surface area contributed by atoms with Crippen LogP contribution in [0.5, 0.6) is 0 Å². The maximum atomic E-state index is 10.9. The summed E-state index contributed by atoms with van der Waals surface area (Å²) >= 11 is 0. The van der Waals surface area contributed by atoms with E-state index in [4.69, 9.17) is 15.6 Å². The molecule has 1 aromatic carbocycles. The average Bonchev–Trinajstić information content (AvgIpc) is 2.30. The van der Waals surface area contributed by atoms with Crippen molar-refractivity contribution in [3.8, 4) is 0 Å². The van der Waals surface area contributed by atoms with E-state index in [0.29, 0.717) is 5.56 Å². The molecule has 0 heterocycles. The van der Waals surface area contributed by atoms with Gasteiger partial charge >= 0.3 is 0 Å². The van der Waals surface area contributed by atoms with Crippen molar-refractivity contribution in [3.63, 3.8) is 0 Å². The van der Waals surface area contributed by atoms with Crippen molar-refractivity contribution >= 4 is 12.4 Å². The van der Waals surface area contributed by atoms with Gasteiger partial charge in [0.05, 0.1) is 0 Å². The number of carbonyl (C=O) groups is 2. The Labute approximate surface area is 109 Å². The Hall–Kier alpha value is -1.84. The lowest BCUT2D eigenvalue weighted by molar-refractivity contribution is -0.122. The van der Waals surface area contributed by atoms with Gasteiger partial charge in [-0.25, -0.2) is 0 Å². The van der Waals surface area contributed by atoms with E-state index in [-0.39, 0.29) is 12.4 Å². The van der Waals surface area contributed by atoms with Crippen LogP contribution in [0, 0.1) is 6.92 Å². The molecular formula is C14H23NO3. The first kappa shape index (κ1) is 18.5. The van der Waals surface area contributed by atoms with Crippen LogP contribution in [0.2, 0.25) is 0 Å². The highest BCUT2D eigenvalue weighted by molar-refractivity contribution is 5.94. The molecule has 1 amide bonds. The topological polar surface area (TPSA) is 80.4 Å². The lowest BCUT2D eigenvalue weighted by atomic mass is 10.0. The fourth-order valence-electron chi connectivity index (χ4n) is 1.26. The number of rotatable bonds is 2. The Morgan fingerprint density at radius 1 is 1.33 bits per heavy atom. The number of amides is 1. The van der Waals surface area contributed by atoms with Gasteiger partial charge in [0.15, 0.2) is 0 Å². The minimum atomic E-state index is -0.341. The first-order chi connectivity index (χ1) is 8.48. The highest BCUT2D eigenvalue weighted by Crippen LogP contribution is 2.11. The molecule has 3 N–H and O–H groups in total. The van der Waals surface area contributed by atoms with Gasteiger partial charge in [-0.3, -0.25) is 9.59 Å². The molecule has 0 aliphatic rings. The molecule has 0 spiro atoms. The molecule has 0 saturated carbocycles. The van der Waals surface area contributed by atoms with Gasteiger partial charge < -0.3 is 10.8 Å². The maximum Gasteiger partial charge on any atom is 0.290 e. The molecule has 4 heteroatoms. The van der Waals surface area contributed by atoms with E-state index in [1.165, 1.54) is 6.42 Å². The maximum absolute atomic E-state index is 10.9. The van der Waals surface area contributed by atoms with E-state index < -0.39 is 0 Å². The molecule has 0 bridgehead atoms. The third-order valence-electron chi connectivity index (χ3n) is 1.91. The molecule has 1 aromatic rings. The van der Waals surface area contributed by atoms with E-state index in [9.17, 15) is 4.79 Å². The van der Waals surface area contributed by atoms with Crippen LogP contribution in [0.1, 0.15) is 48.7 Å². The summed E-state index contributed by atoms with van der Waals surface area (Å²) in [6, 6.07) is 5.69. The summed E-state index contributed by atoms with van der Waals surface area (Å²) in [6.07, 6.45) is 2.10. The SMILES string of the molecule is CCC.CCc1cc(C)ccc1C(N)=O.O=CO. The quantitative estimate of drug-likeness (QED) is 0.795.